The van der Waals surface area contributed by atoms with Crippen molar-refractivity contribution in [3.8, 4) is 22.9 Å². The molecule has 21 heavy (non-hydrogen) atoms. The molecule has 0 amide bonds. The van der Waals surface area contributed by atoms with Crippen molar-refractivity contribution in [1.29, 1.82) is 0 Å². The van der Waals surface area contributed by atoms with Gasteiger partial charge in [-0.25, -0.2) is 9.97 Å². The van der Waals surface area contributed by atoms with E-state index in [4.69, 9.17) is 15.2 Å². The number of ether oxygens (including phenoxy) is 2. The molecule has 0 aliphatic rings. The summed E-state index contributed by atoms with van der Waals surface area (Å²) in [4.78, 5) is 8.92. The van der Waals surface area contributed by atoms with Gasteiger partial charge in [0.15, 0.2) is 5.82 Å². The van der Waals surface area contributed by atoms with Crippen LogP contribution in [0.3, 0.4) is 0 Å². The van der Waals surface area contributed by atoms with Crippen molar-refractivity contribution in [2.24, 2.45) is 0 Å². The summed E-state index contributed by atoms with van der Waals surface area (Å²) in [5.41, 5.74) is 7.72. The standard InChI is InChI=1S/C16H15N3O2/c1-20-11-5-3-10(4-6-11)16-18-14-8-7-12(21-2)9-13(14)15(17)19-16/h3-9H,1-2H3,(H2,17,18,19). The van der Waals surface area contributed by atoms with Crippen molar-refractivity contribution in [3.05, 3.63) is 42.5 Å². The van der Waals surface area contributed by atoms with Gasteiger partial charge >= 0.3 is 0 Å². The Morgan fingerprint density at radius 3 is 2.19 bits per heavy atom. The fourth-order valence-corrected chi connectivity index (χ4v) is 2.13. The predicted octanol–water partition coefficient (Wildman–Crippen LogP) is 2.90. The number of benzene rings is 2. The Kier molecular flexibility index (Phi) is 3.31. The average Bonchev–Trinajstić information content (AvgIpc) is 2.54. The lowest BCUT2D eigenvalue weighted by Crippen LogP contribution is -1.98. The van der Waals surface area contributed by atoms with E-state index in [1.165, 1.54) is 0 Å². The van der Waals surface area contributed by atoms with Gasteiger partial charge in [0.1, 0.15) is 17.3 Å². The minimum Gasteiger partial charge on any atom is -0.497 e. The van der Waals surface area contributed by atoms with E-state index in [-0.39, 0.29) is 0 Å². The van der Waals surface area contributed by atoms with Crippen LogP contribution in [0.2, 0.25) is 0 Å². The lowest BCUT2D eigenvalue weighted by molar-refractivity contribution is 0.415. The minimum atomic E-state index is 0.435. The van der Waals surface area contributed by atoms with Crippen LogP contribution in [-0.2, 0) is 0 Å². The summed E-state index contributed by atoms with van der Waals surface area (Å²) in [5, 5.41) is 0.784. The van der Waals surface area contributed by atoms with Crippen molar-refractivity contribution in [1.82, 2.24) is 9.97 Å². The second kappa shape index (κ2) is 5.28. The molecular weight excluding hydrogens is 266 g/mol. The minimum absolute atomic E-state index is 0.435. The third kappa shape index (κ3) is 2.45. The van der Waals surface area contributed by atoms with E-state index in [2.05, 4.69) is 9.97 Å². The van der Waals surface area contributed by atoms with E-state index < -0.39 is 0 Å². The topological polar surface area (TPSA) is 70.3 Å². The van der Waals surface area contributed by atoms with E-state index in [0.717, 1.165) is 28.0 Å². The highest BCUT2D eigenvalue weighted by Gasteiger charge is 2.08. The van der Waals surface area contributed by atoms with Gasteiger partial charge in [-0.2, -0.15) is 0 Å². The molecule has 5 nitrogen and oxygen atoms in total. The quantitative estimate of drug-likeness (QED) is 0.799. The lowest BCUT2D eigenvalue weighted by atomic mass is 10.1. The monoisotopic (exact) mass is 281 g/mol. The van der Waals surface area contributed by atoms with Crippen molar-refractivity contribution in [3.63, 3.8) is 0 Å². The van der Waals surface area contributed by atoms with Gasteiger partial charge < -0.3 is 15.2 Å². The summed E-state index contributed by atoms with van der Waals surface area (Å²) < 4.78 is 10.3. The number of methoxy groups -OCH3 is 2. The Hall–Kier alpha value is -2.82. The second-order valence-electron chi connectivity index (χ2n) is 4.54. The molecule has 0 saturated carbocycles. The second-order valence-corrected chi connectivity index (χ2v) is 4.54. The zero-order valence-electron chi connectivity index (χ0n) is 11.8. The molecule has 0 radical (unpaired) electrons. The molecule has 2 N–H and O–H groups in total. The van der Waals surface area contributed by atoms with E-state index in [0.29, 0.717) is 11.6 Å². The molecule has 0 aliphatic heterocycles. The van der Waals surface area contributed by atoms with Crippen LogP contribution in [0.5, 0.6) is 11.5 Å². The Bertz CT molecular complexity index is 785. The van der Waals surface area contributed by atoms with Crippen LogP contribution in [0.1, 0.15) is 0 Å². The van der Waals surface area contributed by atoms with Gasteiger partial charge in [0, 0.05) is 10.9 Å². The molecule has 3 rings (SSSR count). The Morgan fingerprint density at radius 2 is 1.52 bits per heavy atom. The van der Waals surface area contributed by atoms with Crippen LogP contribution in [0.15, 0.2) is 42.5 Å². The molecule has 0 fully saturated rings. The summed E-state index contributed by atoms with van der Waals surface area (Å²) in [5.74, 6) is 2.55. The normalized spacial score (nSPS) is 10.6. The smallest absolute Gasteiger partial charge is 0.162 e. The molecule has 0 unspecified atom stereocenters. The molecule has 0 saturated heterocycles. The van der Waals surface area contributed by atoms with Gasteiger partial charge in [-0.05, 0) is 42.5 Å². The van der Waals surface area contributed by atoms with Crippen LogP contribution < -0.4 is 15.2 Å². The number of fused-ring (bicyclic) bond motifs is 1. The SMILES string of the molecule is COc1ccc(-c2nc(N)c3cc(OC)ccc3n2)cc1. The number of nitrogens with two attached hydrogens (primary N) is 1. The molecule has 0 bridgehead atoms. The molecule has 5 heteroatoms. The number of hydrogen-bond donors (Lipinski definition) is 1. The van der Waals surface area contributed by atoms with E-state index in [1.54, 1.807) is 14.2 Å². The Morgan fingerprint density at radius 1 is 0.857 bits per heavy atom. The summed E-state index contributed by atoms with van der Waals surface area (Å²) in [7, 11) is 3.25. The average molecular weight is 281 g/mol. The first-order valence-electron chi connectivity index (χ1n) is 6.47. The maximum Gasteiger partial charge on any atom is 0.162 e. The van der Waals surface area contributed by atoms with E-state index in [1.807, 2.05) is 42.5 Å². The van der Waals surface area contributed by atoms with Gasteiger partial charge in [0.2, 0.25) is 0 Å². The highest BCUT2D eigenvalue weighted by molar-refractivity contribution is 5.90. The number of hydrogen-bond acceptors (Lipinski definition) is 5. The van der Waals surface area contributed by atoms with E-state index >= 15 is 0 Å². The Balaban J connectivity index is 2.11. The molecule has 0 atom stereocenters. The lowest BCUT2D eigenvalue weighted by Gasteiger charge is -2.07. The van der Waals surface area contributed by atoms with Crippen molar-refractivity contribution < 1.29 is 9.47 Å². The summed E-state index contributed by atoms with van der Waals surface area (Å²) in [6.07, 6.45) is 0. The van der Waals surface area contributed by atoms with Crippen LogP contribution in [0, 0.1) is 0 Å². The first kappa shape index (κ1) is 13.2. The fraction of sp³-hybridized carbons (Fsp3) is 0.125. The van der Waals surface area contributed by atoms with Crippen LogP contribution >= 0.6 is 0 Å². The molecule has 1 heterocycles. The predicted molar refractivity (Wildman–Crippen MR) is 82.5 cm³/mol. The van der Waals surface area contributed by atoms with E-state index in [9.17, 15) is 0 Å². The number of aromatic nitrogens is 2. The highest BCUT2D eigenvalue weighted by Crippen LogP contribution is 2.27. The molecule has 106 valence electrons. The van der Waals surface area contributed by atoms with Crippen LogP contribution in [0.25, 0.3) is 22.3 Å². The maximum atomic E-state index is 6.04. The van der Waals surface area contributed by atoms with Gasteiger partial charge in [-0.3, -0.25) is 0 Å². The maximum absolute atomic E-state index is 6.04. The number of nitrogens with zero attached hydrogens (tertiary/aromatic N) is 2. The zero-order valence-corrected chi connectivity index (χ0v) is 11.8. The number of nitrogen functional groups attached to an aromatic ring is 1. The van der Waals surface area contributed by atoms with Crippen molar-refractivity contribution in [2.45, 2.75) is 0 Å². The Labute approximate surface area is 122 Å². The third-order valence-electron chi connectivity index (χ3n) is 3.28. The molecule has 1 aromatic heterocycles. The van der Waals surface area contributed by atoms with Gasteiger partial charge in [0.05, 0.1) is 19.7 Å². The van der Waals surface area contributed by atoms with Gasteiger partial charge in [0.25, 0.3) is 0 Å². The molecule has 3 aromatic rings. The largest absolute Gasteiger partial charge is 0.497 e. The molecule has 2 aromatic carbocycles. The molecule has 0 spiro atoms. The number of anilines is 1. The molecular formula is C16H15N3O2. The summed E-state index contributed by atoms with van der Waals surface area (Å²) >= 11 is 0. The summed E-state index contributed by atoms with van der Waals surface area (Å²) in [6.45, 7) is 0. The summed E-state index contributed by atoms with van der Waals surface area (Å²) in [6, 6.07) is 13.1. The van der Waals surface area contributed by atoms with Gasteiger partial charge in [-0.1, -0.05) is 0 Å². The first-order valence-corrected chi connectivity index (χ1v) is 6.47. The highest BCUT2D eigenvalue weighted by atomic mass is 16.5. The third-order valence-corrected chi connectivity index (χ3v) is 3.28. The first-order chi connectivity index (χ1) is 10.2. The van der Waals surface area contributed by atoms with Crippen molar-refractivity contribution in [2.75, 3.05) is 20.0 Å². The fourth-order valence-electron chi connectivity index (χ4n) is 2.13. The van der Waals surface area contributed by atoms with Crippen molar-refractivity contribution >= 4 is 16.7 Å². The molecule has 0 aliphatic carbocycles. The van der Waals surface area contributed by atoms with Crippen LogP contribution in [-0.4, -0.2) is 24.2 Å². The van der Waals surface area contributed by atoms with Gasteiger partial charge in [-0.15, -0.1) is 0 Å². The zero-order chi connectivity index (χ0) is 14.8. The number of rotatable bonds is 3. The van der Waals surface area contributed by atoms with Crippen LogP contribution in [0.4, 0.5) is 5.82 Å².